The van der Waals surface area contributed by atoms with E-state index in [1.165, 1.54) is 0 Å². The van der Waals surface area contributed by atoms with Crippen LogP contribution < -0.4 is 5.73 Å². The highest BCUT2D eigenvalue weighted by molar-refractivity contribution is 7.72. The van der Waals surface area contributed by atoms with Crippen LogP contribution in [0.15, 0.2) is 0 Å². The summed E-state index contributed by atoms with van der Waals surface area (Å²) in [6.07, 6.45) is 0. The quantitative estimate of drug-likeness (QED) is 0.126. The van der Waals surface area contributed by atoms with Crippen molar-refractivity contribution in [3.8, 4) is 0 Å². The Kier molecular flexibility index (Phi) is 11.5. The zero-order valence-electron chi connectivity index (χ0n) is 14.5. The van der Waals surface area contributed by atoms with Crippen molar-refractivity contribution < 1.29 is 67.0 Å². The molecule has 0 unspecified atom stereocenters. The molecule has 166 valence electrons. The lowest BCUT2D eigenvalue weighted by molar-refractivity contribution is -0.927. The predicted octanol–water partition coefficient (Wildman–Crippen LogP) is -1.94. The lowest BCUT2D eigenvalue weighted by atomic mass is 10.5. The molecule has 0 bridgehead atoms. The van der Waals surface area contributed by atoms with Gasteiger partial charge < -0.3 is 50.0 Å². The summed E-state index contributed by atoms with van der Waals surface area (Å²) in [4.78, 5) is 74.3. The van der Waals surface area contributed by atoms with E-state index in [0.29, 0.717) is 6.54 Å². The average Bonchev–Trinajstić information content (AvgIpc) is 2.40. The van der Waals surface area contributed by atoms with Crippen molar-refractivity contribution in [3.05, 3.63) is 0 Å². The summed E-state index contributed by atoms with van der Waals surface area (Å²) in [5.41, 5.74) is -1.29. The summed E-state index contributed by atoms with van der Waals surface area (Å²) < 4.78 is 44.5. The van der Waals surface area contributed by atoms with Crippen molar-refractivity contribution >= 4 is 30.4 Å². The molecule has 19 heteroatoms. The molecular formula is C8H27N2O13P4+. The Morgan fingerprint density at radius 3 is 0.963 bits per heavy atom. The van der Waals surface area contributed by atoms with Gasteiger partial charge in [-0.2, -0.15) is 0 Å². The fourth-order valence-corrected chi connectivity index (χ4v) is 10.4. The molecule has 0 spiro atoms. The minimum atomic E-state index is -5.72. The van der Waals surface area contributed by atoms with Crippen LogP contribution in [-0.2, 0) is 18.3 Å². The monoisotopic (exact) mass is 483 g/mol. The number of nitrogens with two attached hydrogens (primary N) is 1. The average molecular weight is 483 g/mol. The molecule has 0 aromatic carbocycles. The molecule has 27 heavy (non-hydrogen) atoms. The molecule has 0 rings (SSSR count). The normalized spacial score (nSPS) is 14.3. The zero-order chi connectivity index (χ0) is 22.5. The third kappa shape index (κ3) is 8.39. The summed E-state index contributed by atoms with van der Waals surface area (Å²) in [6, 6.07) is 0. The van der Waals surface area contributed by atoms with Crippen LogP contribution >= 0.6 is 30.4 Å². The lowest BCUT2D eigenvalue weighted by Crippen LogP contribution is -2.60. The van der Waals surface area contributed by atoms with Gasteiger partial charge in [-0.1, -0.05) is 0 Å². The van der Waals surface area contributed by atoms with E-state index < -0.39 is 59.0 Å². The second-order valence-electron chi connectivity index (χ2n) is 5.30. The second kappa shape index (κ2) is 10.5. The van der Waals surface area contributed by atoms with Gasteiger partial charge in [0.2, 0.25) is 0 Å². The predicted molar refractivity (Wildman–Crippen MR) is 93.2 cm³/mol. The van der Waals surface area contributed by atoms with Gasteiger partial charge in [0.25, 0.3) is 11.0 Å². The molecule has 0 amide bonds. The number of hydrogen-bond acceptors (Lipinski definition) is 6. The Morgan fingerprint density at radius 2 is 0.889 bits per heavy atom. The van der Waals surface area contributed by atoms with E-state index in [1.54, 1.807) is 0 Å². The summed E-state index contributed by atoms with van der Waals surface area (Å²) in [7, 11) is -22.9. The van der Waals surface area contributed by atoms with E-state index in [1.807, 2.05) is 0 Å². The van der Waals surface area contributed by atoms with Gasteiger partial charge in [0.1, 0.15) is 0 Å². The standard InChI is InChI=1S/C6H19NO12P4.C2H7NO/c1-3-7(4-2,5(20(8,9)10)21(11,12)13)6(22(14,15)16)23(17,18)19;3-1-2-4/h5-6H,3-4H2,1-2H3,(H7-,8,9,10,11,12,13,14,15,16,17,18,19);4H,1-3H2/p+1. The number of hydrogen-bond donors (Lipinski definition) is 10. The highest BCUT2D eigenvalue weighted by Crippen LogP contribution is 2.71. The SMILES string of the molecule is CC[N+](CC)(C(P(=O)(O)O)P(=O)(O)O)C(P(=O)(O)O)P(=O)(O)O.NCCO. The molecule has 0 radical (unpaired) electrons. The third-order valence-electron chi connectivity index (χ3n) is 3.43. The molecular weight excluding hydrogens is 456 g/mol. The topological polar surface area (TPSA) is 276 Å². The Bertz CT molecular complexity index is 547. The van der Waals surface area contributed by atoms with Crippen molar-refractivity contribution in [1.29, 1.82) is 0 Å². The van der Waals surface area contributed by atoms with Crippen LogP contribution in [0.2, 0.25) is 0 Å². The first-order chi connectivity index (χ1) is 11.8. The molecule has 0 aliphatic rings. The fraction of sp³-hybridized carbons (Fsp3) is 1.00. The molecule has 0 aliphatic heterocycles. The second-order valence-corrected chi connectivity index (χ2v) is 12.8. The van der Waals surface area contributed by atoms with Crippen molar-refractivity contribution in [2.45, 2.75) is 24.9 Å². The highest BCUT2D eigenvalue weighted by Gasteiger charge is 2.68. The number of nitrogens with zero attached hydrogens (tertiary/aromatic N) is 1. The van der Waals surface area contributed by atoms with Gasteiger partial charge in [-0.15, -0.1) is 0 Å². The molecule has 15 nitrogen and oxygen atoms in total. The molecule has 0 aromatic rings. The number of aliphatic hydroxyl groups is 1. The number of rotatable bonds is 9. The minimum Gasteiger partial charge on any atom is -0.395 e. The van der Waals surface area contributed by atoms with Crippen LogP contribution in [0, 0.1) is 0 Å². The smallest absolute Gasteiger partial charge is 0.395 e. The van der Waals surface area contributed by atoms with Gasteiger partial charge in [0, 0.05) is 6.54 Å². The van der Waals surface area contributed by atoms with Crippen LogP contribution in [0.1, 0.15) is 13.8 Å². The Labute approximate surface area is 155 Å². The van der Waals surface area contributed by atoms with E-state index in [9.17, 15) is 57.4 Å². The molecule has 0 saturated heterocycles. The molecule has 0 heterocycles. The van der Waals surface area contributed by atoms with Gasteiger partial charge in [-0.05, 0) is 13.8 Å². The third-order valence-corrected chi connectivity index (χ3v) is 11.3. The van der Waals surface area contributed by atoms with Crippen molar-refractivity contribution in [1.82, 2.24) is 0 Å². The first-order valence-electron chi connectivity index (χ1n) is 7.15. The molecule has 0 aromatic heterocycles. The van der Waals surface area contributed by atoms with Crippen LogP contribution in [-0.4, -0.2) is 86.0 Å². The molecule has 0 saturated carbocycles. The van der Waals surface area contributed by atoms with Crippen LogP contribution in [0.3, 0.4) is 0 Å². The Hall–Kier alpha value is 0.480. The maximum absolute atomic E-state index is 11.6. The highest BCUT2D eigenvalue weighted by atomic mass is 31.2. The maximum atomic E-state index is 11.6. The minimum absolute atomic E-state index is 0.0972. The Balaban J connectivity index is 0. The fourth-order valence-electron chi connectivity index (χ4n) is 2.59. The molecule has 0 aliphatic carbocycles. The molecule has 11 N–H and O–H groups in total. The van der Waals surface area contributed by atoms with E-state index in [4.69, 9.17) is 10.8 Å². The summed E-state index contributed by atoms with van der Waals surface area (Å²) in [6.45, 7) is 1.02. The van der Waals surface area contributed by atoms with E-state index >= 15 is 0 Å². The number of quaternary nitrogens is 1. The summed E-state index contributed by atoms with van der Waals surface area (Å²) in [5.74, 6) is 0. The van der Waals surface area contributed by atoms with E-state index in [2.05, 4.69) is 0 Å². The van der Waals surface area contributed by atoms with Gasteiger partial charge in [0.15, 0.2) is 0 Å². The maximum Gasteiger partial charge on any atom is 0.395 e. The van der Waals surface area contributed by atoms with Gasteiger partial charge in [-0.25, -0.2) is 0 Å². The van der Waals surface area contributed by atoms with Crippen LogP contribution in [0.25, 0.3) is 0 Å². The van der Waals surface area contributed by atoms with Crippen molar-refractivity contribution in [2.75, 3.05) is 26.2 Å². The van der Waals surface area contributed by atoms with Crippen molar-refractivity contribution in [2.24, 2.45) is 5.73 Å². The first kappa shape index (κ1) is 29.7. The molecule has 0 fully saturated rings. The van der Waals surface area contributed by atoms with Crippen LogP contribution in [0.5, 0.6) is 0 Å². The van der Waals surface area contributed by atoms with E-state index in [-0.39, 0.29) is 6.61 Å². The first-order valence-corrected chi connectivity index (χ1v) is 13.9. The van der Waals surface area contributed by atoms with Gasteiger partial charge in [0.05, 0.1) is 19.7 Å². The van der Waals surface area contributed by atoms with Crippen molar-refractivity contribution in [3.63, 3.8) is 0 Å². The van der Waals surface area contributed by atoms with Gasteiger partial charge in [-0.3, -0.25) is 22.7 Å². The largest absolute Gasteiger partial charge is 0.395 e. The lowest BCUT2D eigenvalue weighted by Gasteiger charge is -2.47. The van der Waals surface area contributed by atoms with E-state index in [0.717, 1.165) is 13.8 Å². The summed E-state index contributed by atoms with van der Waals surface area (Å²) in [5, 5.41) is 7.75. The Morgan fingerprint density at radius 1 is 0.704 bits per heavy atom. The molecule has 0 atom stereocenters. The van der Waals surface area contributed by atoms with Crippen LogP contribution in [0.4, 0.5) is 0 Å². The summed E-state index contributed by atoms with van der Waals surface area (Å²) >= 11 is 0. The van der Waals surface area contributed by atoms with Gasteiger partial charge >= 0.3 is 30.4 Å². The number of aliphatic hydroxyl groups excluding tert-OH is 1. The zero-order valence-corrected chi connectivity index (χ0v) is 18.0.